The van der Waals surface area contributed by atoms with Gasteiger partial charge in [-0.25, -0.2) is 4.98 Å². The first-order valence-electron chi connectivity index (χ1n) is 9.00. The molecule has 0 aliphatic rings. The summed E-state index contributed by atoms with van der Waals surface area (Å²) in [6, 6.07) is 11.9. The molecule has 0 aliphatic carbocycles. The fraction of sp³-hybridized carbons (Fsp3) is 0.190. The third kappa shape index (κ3) is 5.66. The van der Waals surface area contributed by atoms with Crippen molar-refractivity contribution in [2.24, 2.45) is 0 Å². The maximum atomic E-state index is 12.6. The normalized spacial score (nSPS) is 11.2. The average molecular weight is 433 g/mol. The number of aromatic nitrogens is 1. The largest absolute Gasteiger partial charge is 0.416 e. The summed E-state index contributed by atoms with van der Waals surface area (Å²) in [6.45, 7) is 2.12. The van der Waals surface area contributed by atoms with Gasteiger partial charge < -0.3 is 10.6 Å². The van der Waals surface area contributed by atoms with E-state index in [1.54, 1.807) is 17.5 Å². The second kappa shape index (κ2) is 9.08. The second-order valence-electron chi connectivity index (χ2n) is 6.55. The minimum absolute atomic E-state index is 0.205. The summed E-state index contributed by atoms with van der Waals surface area (Å²) in [4.78, 5) is 28.2. The van der Waals surface area contributed by atoms with Gasteiger partial charge in [0.05, 0.1) is 11.3 Å². The number of nitrogens with one attached hydrogen (secondary N) is 2. The molecule has 0 saturated carbocycles. The van der Waals surface area contributed by atoms with Gasteiger partial charge in [0.1, 0.15) is 5.01 Å². The summed E-state index contributed by atoms with van der Waals surface area (Å²) < 4.78 is 37.9. The van der Waals surface area contributed by atoms with E-state index in [2.05, 4.69) is 15.6 Å². The van der Waals surface area contributed by atoms with E-state index in [1.165, 1.54) is 23.5 Å². The molecule has 1 heterocycles. The monoisotopic (exact) mass is 433 g/mol. The molecule has 0 bridgehead atoms. The molecule has 30 heavy (non-hydrogen) atoms. The Morgan fingerprint density at radius 3 is 2.30 bits per heavy atom. The van der Waals surface area contributed by atoms with Crippen LogP contribution < -0.4 is 10.6 Å². The number of aryl methyl sites for hydroxylation is 1. The topological polar surface area (TPSA) is 71.1 Å². The van der Waals surface area contributed by atoms with E-state index in [9.17, 15) is 22.8 Å². The Bertz CT molecular complexity index is 1030. The summed E-state index contributed by atoms with van der Waals surface area (Å²) in [5, 5.41) is 7.39. The first-order chi connectivity index (χ1) is 14.2. The number of rotatable bonds is 5. The fourth-order valence-electron chi connectivity index (χ4n) is 2.57. The molecule has 0 atom stereocenters. The number of nitrogens with zero attached hydrogens (tertiary/aromatic N) is 1. The Labute approximate surface area is 175 Å². The van der Waals surface area contributed by atoms with E-state index in [0.29, 0.717) is 28.4 Å². The van der Waals surface area contributed by atoms with Gasteiger partial charge in [-0.15, -0.1) is 11.3 Å². The maximum absolute atomic E-state index is 12.6. The second-order valence-corrected chi connectivity index (χ2v) is 7.40. The van der Waals surface area contributed by atoms with Gasteiger partial charge in [0.15, 0.2) is 0 Å². The highest BCUT2D eigenvalue weighted by Crippen LogP contribution is 2.31. The predicted octanol–water partition coefficient (Wildman–Crippen LogP) is 4.43. The number of thiazole rings is 1. The lowest BCUT2D eigenvalue weighted by Gasteiger charge is -2.06. The van der Waals surface area contributed by atoms with Gasteiger partial charge in [0.2, 0.25) is 0 Å². The summed E-state index contributed by atoms with van der Waals surface area (Å²) in [5.41, 5.74) is 2.11. The van der Waals surface area contributed by atoms with Crippen LogP contribution in [0.4, 0.5) is 18.9 Å². The van der Waals surface area contributed by atoms with Crippen molar-refractivity contribution in [2.45, 2.75) is 19.5 Å². The van der Waals surface area contributed by atoms with Gasteiger partial charge in [-0.3, -0.25) is 9.59 Å². The minimum Gasteiger partial charge on any atom is -0.347 e. The zero-order valence-corrected chi connectivity index (χ0v) is 16.7. The molecule has 0 fully saturated rings. The number of benzene rings is 2. The van der Waals surface area contributed by atoms with Gasteiger partial charge in [-0.1, -0.05) is 29.8 Å². The van der Waals surface area contributed by atoms with Crippen LogP contribution in [0.1, 0.15) is 16.8 Å². The van der Waals surface area contributed by atoms with E-state index in [1.807, 2.05) is 19.1 Å². The Morgan fingerprint density at radius 2 is 1.67 bits per heavy atom. The minimum atomic E-state index is -4.38. The number of carbonyl (C=O) groups excluding carboxylic acids is 2. The van der Waals surface area contributed by atoms with Crippen LogP contribution in [-0.2, 0) is 22.2 Å². The molecule has 2 amide bonds. The van der Waals surface area contributed by atoms with Gasteiger partial charge >= 0.3 is 18.0 Å². The average Bonchev–Trinajstić information content (AvgIpc) is 3.18. The van der Waals surface area contributed by atoms with Crippen molar-refractivity contribution in [3.63, 3.8) is 0 Å². The third-order valence-electron chi connectivity index (χ3n) is 4.19. The number of alkyl halides is 3. The lowest BCUT2D eigenvalue weighted by molar-refractivity contribution is -0.137. The zero-order chi connectivity index (χ0) is 21.7. The summed E-state index contributed by atoms with van der Waals surface area (Å²) in [5.74, 6) is -1.52. The molecule has 0 radical (unpaired) electrons. The maximum Gasteiger partial charge on any atom is 0.416 e. The highest BCUT2D eigenvalue weighted by Gasteiger charge is 2.30. The van der Waals surface area contributed by atoms with Crippen LogP contribution in [0.5, 0.6) is 0 Å². The highest BCUT2D eigenvalue weighted by atomic mass is 32.1. The lowest BCUT2D eigenvalue weighted by Crippen LogP contribution is -2.36. The van der Waals surface area contributed by atoms with Gasteiger partial charge in [-0.05, 0) is 31.2 Å². The van der Waals surface area contributed by atoms with Crippen molar-refractivity contribution < 1.29 is 22.8 Å². The van der Waals surface area contributed by atoms with Crippen molar-refractivity contribution in [1.82, 2.24) is 10.3 Å². The summed E-state index contributed by atoms with van der Waals surface area (Å²) in [6.07, 6.45) is -3.99. The molecule has 156 valence electrons. The third-order valence-corrected chi connectivity index (χ3v) is 5.13. The van der Waals surface area contributed by atoms with Crippen molar-refractivity contribution in [3.05, 3.63) is 70.7 Å². The molecular formula is C21H18F3N3O2S. The molecule has 0 unspecified atom stereocenters. The smallest absolute Gasteiger partial charge is 0.347 e. The predicted molar refractivity (Wildman–Crippen MR) is 109 cm³/mol. The van der Waals surface area contributed by atoms with E-state index in [4.69, 9.17) is 0 Å². The molecule has 2 aromatic carbocycles. The van der Waals surface area contributed by atoms with Crippen LogP contribution in [0, 0.1) is 6.92 Å². The Kier molecular flexibility index (Phi) is 6.51. The highest BCUT2D eigenvalue weighted by molar-refractivity contribution is 7.13. The van der Waals surface area contributed by atoms with Crippen LogP contribution in [0.15, 0.2) is 53.9 Å². The summed E-state index contributed by atoms with van der Waals surface area (Å²) in [7, 11) is 0. The Hall–Kier alpha value is -3.20. The number of hydrogen-bond acceptors (Lipinski definition) is 4. The quantitative estimate of drug-likeness (QED) is 0.585. The molecule has 5 nitrogen and oxygen atoms in total. The van der Waals surface area contributed by atoms with Crippen molar-refractivity contribution >= 4 is 28.8 Å². The van der Waals surface area contributed by atoms with E-state index >= 15 is 0 Å². The van der Waals surface area contributed by atoms with Crippen molar-refractivity contribution in [1.29, 1.82) is 0 Å². The fourth-order valence-corrected chi connectivity index (χ4v) is 3.43. The number of hydrogen-bond donors (Lipinski definition) is 2. The molecule has 9 heteroatoms. The standard InChI is InChI=1S/C21H18F3N3O2S/c1-13-2-8-16(9-3-13)26-19(29)18(28)25-11-10-17-12-30-20(27-17)14-4-6-15(7-5-14)21(22,23)24/h2-9,12H,10-11H2,1H3,(H,25,28)(H,26,29). The van der Waals surface area contributed by atoms with Crippen LogP contribution in [-0.4, -0.2) is 23.3 Å². The zero-order valence-electron chi connectivity index (χ0n) is 15.9. The van der Waals surface area contributed by atoms with Crippen LogP contribution in [0.3, 0.4) is 0 Å². The van der Waals surface area contributed by atoms with Crippen LogP contribution in [0.2, 0.25) is 0 Å². The summed E-state index contributed by atoms with van der Waals surface area (Å²) >= 11 is 1.30. The Balaban J connectivity index is 1.50. The number of amides is 2. The Morgan fingerprint density at radius 1 is 1.00 bits per heavy atom. The molecule has 2 N–H and O–H groups in total. The van der Waals surface area contributed by atoms with E-state index < -0.39 is 23.6 Å². The van der Waals surface area contributed by atoms with Gasteiger partial charge in [0.25, 0.3) is 0 Å². The van der Waals surface area contributed by atoms with Gasteiger partial charge in [0, 0.05) is 29.6 Å². The van der Waals surface area contributed by atoms with Gasteiger partial charge in [-0.2, -0.15) is 13.2 Å². The molecule has 3 rings (SSSR count). The SMILES string of the molecule is Cc1ccc(NC(=O)C(=O)NCCc2csc(-c3ccc(C(F)(F)F)cc3)n2)cc1. The first-order valence-corrected chi connectivity index (χ1v) is 9.88. The van der Waals surface area contributed by atoms with Crippen LogP contribution >= 0.6 is 11.3 Å². The number of carbonyl (C=O) groups is 2. The first kappa shape index (κ1) is 21.5. The molecular weight excluding hydrogens is 415 g/mol. The molecule has 1 aromatic heterocycles. The molecule has 0 spiro atoms. The van der Waals surface area contributed by atoms with E-state index in [0.717, 1.165) is 17.7 Å². The van der Waals surface area contributed by atoms with Crippen LogP contribution in [0.25, 0.3) is 10.6 Å². The van der Waals surface area contributed by atoms with Crippen molar-refractivity contribution in [2.75, 3.05) is 11.9 Å². The number of halogens is 3. The van der Waals surface area contributed by atoms with E-state index in [-0.39, 0.29) is 6.54 Å². The lowest BCUT2D eigenvalue weighted by atomic mass is 10.1. The van der Waals surface area contributed by atoms with Crippen molar-refractivity contribution in [3.8, 4) is 10.6 Å². The molecule has 3 aromatic rings. The molecule has 0 aliphatic heterocycles. The molecule has 0 saturated heterocycles. The number of anilines is 1.